The zero-order valence-electron chi connectivity index (χ0n) is 29.7. The molecule has 0 spiro atoms. The van der Waals surface area contributed by atoms with Crippen molar-refractivity contribution in [2.45, 2.75) is 103 Å². The summed E-state index contributed by atoms with van der Waals surface area (Å²) in [7, 11) is 0. The summed E-state index contributed by atoms with van der Waals surface area (Å²) in [5.41, 5.74) is 3.20. The molecule has 1 N–H and O–H groups in total. The first-order chi connectivity index (χ1) is 24.5. The molecule has 7 rings (SSSR count). The van der Waals surface area contributed by atoms with Crippen molar-refractivity contribution in [3.8, 4) is 0 Å². The second kappa shape index (κ2) is 16.3. The lowest BCUT2D eigenvalue weighted by Crippen LogP contribution is -2.25. The number of hydrogen-bond acceptors (Lipinski definition) is 2. The smallest absolute Gasteiger partial charge is 0.166 e. The molecule has 2 atom stereocenters. The van der Waals surface area contributed by atoms with Crippen LogP contribution in [0.4, 0.5) is 17.6 Å². The number of hydrogen-bond donors (Lipinski definition) is 1. The Balaban J connectivity index is 0.000000176. The number of benzene rings is 4. The van der Waals surface area contributed by atoms with Crippen LogP contribution in [0.3, 0.4) is 0 Å². The van der Waals surface area contributed by atoms with Gasteiger partial charge in [0.2, 0.25) is 0 Å². The van der Waals surface area contributed by atoms with Gasteiger partial charge in [-0.05, 0) is 149 Å². The lowest BCUT2D eigenvalue weighted by Gasteiger charge is -2.31. The van der Waals surface area contributed by atoms with Gasteiger partial charge in [0.15, 0.2) is 29.1 Å². The van der Waals surface area contributed by atoms with Crippen LogP contribution >= 0.6 is 15.9 Å². The van der Waals surface area contributed by atoms with Crippen LogP contribution in [0, 0.1) is 52.9 Å². The van der Waals surface area contributed by atoms with E-state index in [2.05, 4.69) is 36.4 Å². The number of aliphatic hydroxyl groups is 1. The molecule has 2 saturated carbocycles. The maximum Gasteiger partial charge on any atom is 0.166 e. The number of carbonyl (C=O) groups excluding carboxylic acids is 1. The van der Waals surface area contributed by atoms with Crippen molar-refractivity contribution in [1.29, 1.82) is 0 Å². The minimum Gasteiger partial charge on any atom is -0.384 e. The molecule has 0 heterocycles. The number of rotatable bonds is 8. The predicted octanol–water partition coefficient (Wildman–Crippen LogP) is 13.2. The minimum atomic E-state index is -0.881. The highest BCUT2D eigenvalue weighted by Gasteiger charge is 2.38. The zero-order chi connectivity index (χ0) is 36.4. The van der Waals surface area contributed by atoms with Gasteiger partial charge in [-0.15, -0.1) is 0 Å². The van der Waals surface area contributed by atoms with E-state index < -0.39 is 29.4 Å². The molecule has 2 fully saturated rings. The molecule has 51 heavy (non-hydrogen) atoms. The number of aliphatic hydroxyl groups excluding tert-OH is 1. The molecule has 7 heteroatoms. The Kier molecular flexibility index (Phi) is 12.1. The molecule has 0 aliphatic heterocycles. The van der Waals surface area contributed by atoms with Crippen molar-refractivity contribution in [2.75, 3.05) is 0 Å². The number of ketones is 1. The predicted molar refractivity (Wildman–Crippen MR) is 202 cm³/mol. The maximum absolute atomic E-state index is 13.6. The first kappa shape index (κ1) is 37.7. The fourth-order valence-corrected chi connectivity index (χ4v) is 9.66. The third-order valence-electron chi connectivity index (χ3n) is 12.0. The van der Waals surface area contributed by atoms with E-state index in [9.17, 15) is 27.5 Å². The molecule has 2 nitrogen and oxygen atoms in total. The first-order valence-corrected chi connectivity index (χ1v) is 19.7. The van der Waals surface area contributed by atoms with Gasteiger partial charge in [0, 0.05) is 16.0 Å². The van der Waals surface area contributed by atoms with E-state index in [0.29, 0.717) is 43.4 Å². The Bertz CT molecular complexity index is 1910. The molecule has 4 aromatic carbocycles. The molecule has 2 unspecified atom stereocenters. The van der Waals surface area contributed by atoms with Gasteiger partial charge in [-0.2, -0.15) is 0 Å². The molecule has 3 aliphatic rings. The molecule has 0 radical (unpaired) electrons. The molecule has 0 bridgehead atoms. The quantitative estimate of drug-likeness (QED) is 0.143. The molecule has 0 amide bonds. The van der Waals surface area contributed by atoms with Gasteiger partial charge in [-0.25, -0.2) is 17.6 Å². The summed E-state index contributed by atoms with van der Waals surface area (Å²) >= 11 is 3.47. The van der Waals surface area contributed by atoms with Gasteiger partial charge in [-0.1, -0.05) is 80.9 Å². The Morgan fingerprint density at radius 2 is 1.20 bits per heavy atom. The number of Topliss-reactive ketones (excluding diaryl/α,β-unsaturated/α-hetero) is 1. The van der Waals surface area contributed by atoms with Crippen LogP contribution in [0.25, 0.3) is 21.5 Å². The molecule has 0 aromatic heterocycles. The number of halogens is 5. The van der Waals surface area contributed by atoms with Gasteiger partial charge in [0.1, 0.15) is 6.10 Å². The van der Waals surface area contributed by atoms with Gasteiger partial charge in [-0.3, -0.25) is 4.79 Å². The van der Waals surface area contributed by atoms with Crippen molar-refractivity contribution in [1.82, 2.24) is 0 Å². The SMILES string of the molecule is C=C(C1CCC(CCC)CC1)C(O)c1cc2cc(F)c(F)cc2cc1Br.CCCC1CCC(C2Cc3cc4cc(F)c(F)cc4cc3C2=O)CC1. The van der Waals surface area contributed by atoms with Crippen molar-refractivity contribution >= 4 is 43.3 Å². The van der Waals surface area contributed by atoms with Crippen LogP contribution in [0.5, 0.6) is 0 Å². The van der Waals surface area contributed by atoms with Crippen LogP contribution in [0.2, 0.25) is 0 Å². The lowest BCUT2D eigenvalue weighted by molar-refractivity contribution is 0.0851. The van der Waals surface area contributed by atoms with Crippen molar-refractivity contribution in [2.24, 2.45) is 29.6 Å². The molecule has 0 saturated heterocycles. The van der Waals surface area contributed by atoms with Crippen molar-refractivity contribution in [3.05, 3.63) is 105 Å². The standard InChI is InChI=1S/C22H25BrF2O.C22H24F2O/c1-3-4-14-5-7-15(8-6-14)13(2)22(26)18-9-16-11-20(24)21(25)12-17(16)10-19(18)23;1-2-3-13-4-6-14(7-5-13)18-10-17-8-15-11-20(23)21(24)12-16(15)9-19(17)22(18)25/h9-12,14-15,22,26H,2-8H2,1H3;8-9,11-14,18H,2-7,10H2,1H3. The van der Waals surface area contributed by atoms with Crippen molar-refractivity contribution < 1.29 is 27.5 Å². The second-order valence-corrected chi connectivity index (χ2v) is 16.2. The highest BCUT2D eigenvalue weighted by atomic mass is 79.9. The van der Waals surface area contributed by atoms with E-state index in [1.54, 1.807) is 18.2 Å². The lowest BCUT2D eigenvalue weighted by atomic mass is 9.73. The van der Waals surface area contributed by atoms with Gasteiger partial charge in [0.05, 0.1) is 0 Å². The highest BCUT2D eigenvalue weighted by Crippen LogP contribution is 2.43. The van der Waals surface area contributed by atoms with Gasteiger partial charge in [0.25, 0.3) is 0 Å². The van der Waals surface area contributed by atoms with E-state index in [-0.39, 0.29) is 11.7 Å². The Labute approximate surface area is 307 Å². The normalized spacial score (nSPS) is 23.9. The molecule has 272 valence electrons. The highest BCUT2D eigenvalue weighted by molar-refractivity contribution is 9.10. The summed E-state index contributed by atoms with van der Waals surface area (Å²) in [6.07, 6.45) is 14.2. The average Bonchev–Trinajstić information content (AvgIpc) is 3.43. The average molecular weight is 766 g/mol. The topological polar surface area (TPSA) is 37.3 Å². The van der Waals surface area contributed by atoms with Crippen LogP contribution in [0.1, 0.15) is 118 Å². The van der Waals surface area contributed by atoms with E-state index in [1.165, 1.54) is 75.6 Å². The van der Waals surface area contributed by atoms with Crippen LogP contribution in [-0.4, -0.2) is 10.9 Å². The van der Waals surface area contributed by atoms with Crippen LogP contribution in [0.15, 0.2) is 65.2 Å². The van der Waals surface area contributed by atoms with Crippen molar-refractivity contribution in [3.63, 3.8) is 0 Å². The van der Waals surface area contributed by atoms with E-state index in [4.69, 9.17) is 0 Å². The summed E-state index contributed by atoms with van der Waals surface area (Å²) in [4.78, 5) is 12.9. The van der Waals surface area contributed by atoms with Crippen LogP contribution < -0.4 is 0 Å². The Hall–Kier alpha value is -3.03. The molecular weight excluding hydrogens is 716 g/mol. The summed E-state index contributed by atoms with van der Waals surface area (Å²) in [6.45, 7) is 8.63. The Morgan fingerprint density at radius 3 is 1.73 bits per heavy atom. The van der Waals surface area contributed by atoms with Gasteiger partial charge >= 0.3 is 0 Å². The van der Waals surface area contributed by atoms with Crippen LogP contribution in [-0.2, 0) is 6.42 Å². The number of fused-ring (bicyclic) bond motifs is 3. The third-order valence-corrected chi connectivity index (χ3v) is 12.7. The first-order valence-electron chi connectivity index (χ1n) is 18.9. The Morgan fingerprint density at radius 1 is 0.725 bits per heavy atom. The summed E-state index contributed by atoms with van der Waals surface area (Å²) in [5, 5.41) is 13.3. The minimum absolute atomic E-state index is 0.0593. The van der Waals surface area contributed by atoms with E-state index in [1.807, 2.05) is 6.07 Å². The maximum atomic E-state index is 13.6. The van der Waals surface area contributed by atoms with E-state index >= 15 is 0 Å². The van der Waals surface area contributed by atoms with Gasteiger partial charge < -0.3 is 5.11 Å². The fourth-order valence-electron chi connectivity index (χ4n) is 9.08. The fraction of sp³-hybridized carbons (Fsp3) is 0.477. The third kappa shape index (κ3) is 8.30. The molecule has 3 aliphatic carbocycles. The molecular formula is C44H49BrF4O2. The zero-order valence-corrected chi connectivity index (χ0v) is 31.3. The van der Waals surface area contributed by atoms with E-state index in [0.717, 1.165) is 60.6 Å². The summed E-state index contributed by atoms with van der Waals surface area (Å²) in [5.74, 6) is -0.773. The second-order valence-electron chi connectivity index (χ2n) is 15.3. The number of carbonyl (C=O) groups is 1. The largest absolute Gasteiger partial charge is 0.384 e. The summed E-state index contributed by atoms with van der Waals surface area (Å²) in [6, 6.07) is 11.9. The molecule has 4 aromatic rings. The monoisotopic (exact) mass is 764 g/mol. The summed E-state index contributed by atoms with van der Waals surface area (Å²) < 4.78 is 54.7.